The van der Waals surface area contributed by atoms with Crippen molar-refractivity contribution in [3.8, 4) is 5.75 Å². The van der Waals surface area contributed by atoms with Gasteiger partial charge in [-0.3, -0.25) is 10.1 Å². The number of hydrogen-bond donors (Lipinski definition) is 1. The summed E-state index contributed by atoms with van der Waals surface area (Å²) in [6, 6.07) is 13.0. The van der Waals surface area contributed by atoms with E-state index in [0.29, 0.717) is 17.9 Å². The van der Waals surface area contributed by atoms with Gasteiger partial charge in [-0.05, 0) is 42.8 Å². The molecular weight excluding hydrogens is 376 g/mol. The van der Waals surface area contributed by atoms with Crippen LogP contribution in [0.5, 0.6) is 5.75 Å². The zero-order chi connectivity index (χ0) is 20.9. The summed E-state index contributed by atoms with van der Waals surface area (Å²) in [5.41, 5.74) is 1.48. The van der Waals surface area contributed by atoms with Crippen LogP contribution in [-0.4, -0.2) is 43.9 Å². The van der Waals surface area contributed by atoms with Crippen molar-refractivity contribution in [2.75, 3.05) is 38.3 Å². The van der Waals surface area contributed by atoms with Gasteiger partial charge >= 0.3 is 5.97 Å². The van der Waals surface area contributed by atoms with Gasteiger partial charge in [0.2, 0.25) is 0 Å². The maximum atomic E-state index is 12.0. The Bertz CT molecular complexity index is 762. The van der Waals surface area contributed by atoms with E-state index in [9.17, 15) is 14.9 Å². The number of nitrogens with one attached hydrogen (secondary N) is 1. The lowest BCUT2D eigenvalue weighted by Crippen LogP contribution is -2.14. The number of nitrogens with zero attached hydrogens (tertiary/aromatic N) is 1. The highest BCUT2D eigenvalue weighted by molar-refractivity contribution is 5.89. The Morgan fingerprint density at radius 1 is 1.00 bits per heavy atom. The highest BCUT2D eigenvalue weighted by Crippen LogP contribution is 2.17. The Morgan fingerprint density at radius 3 is 2.34 bits per heavy atom. The van der Waals surface area contributed by atoms with Crippen molar-refractivity contribution in [2.24, 2.45) is 0 Å². The van der Waals surface area contributed by atoms with Gasteiger partial charge in [-0.1, -0.05) is 13.3 Å². The first kappa shape index (κ1) is 22.2. The van der Waals surface area contributed by atoms with Crippen LogP contribution in [0.3, 0.4) is 0 Å². The zero-order valence-electron chi connectivity index (χ0n) is 16.5. The van der Waals surface area contributed by atoms with Crippen molar-refractivity contribution in [1.82, 2.24) is 0 Å². The number of anilines is 1. The summed E-state index contributed by atoms with van der Waals surface area (Å²) in [4.78, 5) is 22.1. The fourth-order valence-electron chi connectivity index (χ4n) is 2.39. The molecule has 156 valence electrons. The summed E-state index contributed by atoms with van der Waals surface area (Å²) in [5.74, 6) is 0.133. The van der Waals surface area contributed by atoms with Gasteiger partial charge in [0.05, 0.1) is 23.7 Å². The van der Waals surface area contributed by atoms with E-state index < -0.39 is 10.9 Å². The van der Waals surface area contributed by atoms with Crippen LogP contribution in [0.15, 0.2) is 48.5 Å². The third-order valence-electron chi connectivity index (χ3n) is 3.98. The van der Waals surface area contributed by atoms with Crippen molar-refractivity contribution in [3.63, 3.8) is 0 Å². The Labute approximate surface area is 169 Å². The minimum Gasteiger partial charge on any atom is -0.491 e. The van der Waals surface area contributed by atoms with Crippen molar-refractivity contribution in [3.05, 3.63) is 64.2 Å². The largest absolute Gasteiger partial charge is 0.491 e. The number of carbonyl (C=O) groups is 1. The number of unbranched alkanes of at least 4 members (excludes halogenated alkanes) is 1. The number of carbonyl (C=O) groups excluding carboxylic acids is 1. The molecule has 8 heteroatoms. The van der Waals surface area contributed by atoms with E-state index >= 15 is 0 Å². The number of non-ortho nitro benzene ring substituents is 1. The predicted molar refractivity (Wildman–Crippen MR) is 110 cm³/mol. The van der Waals surface area contributed by atoms with Crippen LogP contribution >= 0.6 is 0 Å². The molecule has 0 aliphatic carbocycles. The molecule has 0 amide bonds. The molecule has 0 atom stereocenters. The lowest BCUT2D eigenvalue weighted by Gasteiger charge is -2.09. The average molecular weight is 402 g/mol. The first-order valence-corrected chi connectivity index (χ1v) is 9.56. The highest BCUT2D eigenvalue weighted by Gasteiger charge is 2.07. The number of ether oxygens (including phenoxy) is 3. The van der Waals surface area contributed by atoms with E-state index in [2.05, 4.69) is 12.2 Å². The minimum absolute atomic E-state index is 0.0119. The molecule has 29 heavy (non-hydrogen) atoms. The summed E-state index contributed by atoms with van der Waals surface area (Å²) in [5, 5.41) is 13.9. The van der Waals surface area contributed by atoms with Crippen LogP contribution in [0.4, 0.5) is 11.4 Å². The SMILES string of the molecule is CCCCNc1ccc(C(=O)OCCOCCOc2ccc([N+](=O)[O-])cc2)cc1. The van der Waals surface area contributed by atoms with Crippen LogP contribution in [0.2, 0.25) is 0 Å². The molecule has 0 saturated carbocycles. The number of rotatable bonds is 13. The van der Waals surface area contributed by atoms with Gasteiger partial charge in [-0.25, -0.2) is 4.79 Å². The van der Waals surface area contributed by atoms with E-state index in [1.165, 1.54) is 24.3 Å². The fourth-order valence-corrected chi connectivity index (χ4v) is 2.39. The predicted octanol–water partition coefficient (Wildman–Crippen LogP) is 4.06. The maximum Gasteiger partial charge on any atom is 0.338 e. The second-order valence-electron chi connectivity index (χ2n) is 6.21. The van der Waals surface area contributed by atoms with Gasteiger partial charge in [-0.2, -0.15) is 0 Å². The molecule has 0 radical (unpaired) electrons. The zero-order valence-corrected chi connectivity index (χ0v) is 16.5. The number of esters is 1. The average Bonchev–Trinajstić information content (AvgIpc) is 2.74. The summed E-state index contributed by atoms with van der Waals surface area (Å²) in [6.45, 7) is 4.05. The molecule has 1 N–H and O–H groups in total. The Balaban J connectivity index is 1.56. The summed E-state index contributed by atoms with van der Waals surface area (Å²) < 4.78 is 16.0. The van der Waals surface area contributed by atoms with Gasteiger partial charge in [0.15, 0.2) is 0 Å². The third kappa shape index (κ3) is 8.18. The van der Waals surface area contributed by atoms with Gasteiger partial charge in [0, 0.05) is 24.4 Å². The van der Waals surface area contributed by atoms with E-state index in [1.54, 1.807) is 12.1 Å². The smallest absolute Gasteiger partial charge is 0.338 e. The lowest BCUT2D eigenvalue weighted by atomic mass is 10.2. The molecular formula is C21H26N2O6. The van der Waals surface area contributed by atoms with Crippen molar-refractivity contribution >= 4 is 17.3 Å². The van der Waals surface area contributed by atoms with Crippen molar-refractivity contribution < 1.29 is 23.9 Å². The van der Waals surface area contributed by atoms with Gasteiger partial charge in [0.1, 0.15) is 19.0 Å². The Morgan fingerprint density at radius 2 is 1.69 bits per heavy atom. The van der Waals surface area contributed by atoms with E-state index in [0.717, 1.165) is 25.1 Å². The van der Waals surface area contributed by atoms with Crippen molar-refractivity contribution in [2.45, 2.75) is 19.8 Å². The monoisotopic (exact) mass is 402 g/mol. The van der Waals surface area contributed by atoms with E-state index in [1.807, 2.05) is 12.1 Å². The third-order valence-corrected chi connectivity index (χ3v) is 3.98. The normalized spacial score (nSPS) is 10.4. The summed E-state index contributed by atoms with van der Waals surface area (Å²) in [7, 11) is 0. The van der Waals surface area contributed by atoms with E-state index in [-0.39, 0.29) is 25.5 Å². The van der Waals surface area contributed by atoms with Crippen LogP contribution in [-0.2, 0) is 9.47 Å². The van der Waals surface area contributed by atoms with E-state index in [4.69, 9.17) is 14.2 Å². The molecule has 8 nitrogen and oxygen atoms in total. The second kappa shape index (κ2) is 12.4. The quantitative estimate of drug-likeness (QED) is 0.233. The van der Waals surface area contributed by atoms with Crippen LogP contribution < -0.4 is 10.1 Å². The first-order chi connectivity index (χ1) is 14.1. The highest BCUT2D eigenvalue weighted by atomic mass is 16.6. The van der Waals surface area contributed by atoms with Gasteiger partial charge in [0.25, 0.3) is 5.69 Å². The topological polar surface area (TPSA) is 99.9 Å². The maximum absolute atomic E-state index is 12.0. The molecule has 0 fully saturated rings. The molecule has 0 unspecified atom stereocenters. The lowest BCUT2D eigenvalue weighted by molar-refractivity contribution is -0.384. The van der Waals surface area contributed by atoms with Crippen LogP contribution in [0.1, 0.15) is 30.1 Å². The fraction of sp³-hybridized carbons (Fsp3) is 0.381. The summed E-state index contributed by atoms with van der Waals surface area (Å²) >= 11 is 0. The number of nitro groups is 1. The standard InChI is InChI=1S/C21H26N2O6/c1-2-3-12-22-18-6-4-17(5-7-18)21(24)29-16-14-27-13-15-28-20-10-8-19(9-11-20)23(25)26/h4-11,22H,2-3,12-16H2,1H3. The molecule has 0 aliphatic heterocycles. The summed E-state index contributed by atoms with van der Waals surface area (Å²) in [6.07, 6.45) is 2.23. The molecule has 2 aromatic rings. The molecule has 0 aliphatic rings. The molecule has 0 bridgehead atoms. The van der Waals surface area contributed by atoms with Crippen molar-refractivity contribution in [1.29, 1.82) is 0 Å². The second-order valence-corrected chi connectivity index (χ2v) is 6.21. The van der Waals surface area contributed by atoms with Crippen LogP contribution in [0, 0.1) is 10.1 Å². The number of benzene rings is 2. The number of nitro benzene ring substituents is 1. The molecule has 2 rings (SSSR count). The molecule has 0 spiro atoms. The number of hydrogen-bond acceptors (Lipinski definition) is 7. The van der Waals surface area contributed by atoms with Gasteiger partial charge in [-0.15, -0.1) is 0 Å². The Hall–Kier alpha value is -3.13. The molecule has 0 aromatic heterocycles. The molecule has 0 heterocycles. The molecule has 2 aromatic carbocycles. The first-order valence-electron chi connectivity index (χ1n) is 9.56. The Kier molecular flexibility index (Phi) is 9.44. The van der Waals surface area contributed by atoms with Crippen LogP contribution in [0.25, 0.3) is 0 Å². The van der Waals surface area contributed by atoms with Gasteiger partial charge < -0.3 is 19.5 Å². The minimum atomic E-state index is -0.465. The molecule has 0 saturated heterocycles.